The van der Waals surface area contributed by atoms with E-state index >= 15 is 0 Å². The van der Waals surface area contributed by atoms with Gasteiger partial charge in [0.15, 0.2) is 17.7 Å². The van der Waals surface area contributed by atoms with Crippen LogP contribution in [0.2, 0.25) is 0 Å². The Morgan fingerprint density at radius 2 is 2.00 bits per heavy atom. The molecule has 0 saturated carbocycles. The van der Waals surface area contributed by atoms with Crippen molar-refractivity contribution in [2.45, 2.75) is 45.8 Å². The highest BCUT2D eigenvalue weighted by atomic mass is 19.1. The molecule has 2 heterocycles. The van der Waals surface area contributed by atoms with Crippen molar-refractivity contribution in [3.05, 3.63) is 47.5 Å². The van der Waals surface area contributed by atoms with E-state index in [0.717, 1.165) is 43.3 Å². The minimum Gasteiger partial charge on any atom is -0.478 e. The van der Waals surface area contributed by atoms with Crippen molar-refractivity contribution in [2.75, 3.05) is 18.0 Å². The predicted octanol–water partition coefficient (Wildman–Crippen LogP) is 3.00. The van der Waals surface area contributed by atoms with Crippen LogP contribution in [0.5, 0.6) is 5.75 Å². The Morgan fingerprint density at radius 1 is 1.26 bits per heavy atom. The lowest BCUT2D eigenvalue weighted by Gasteiger charge is -2.27. The van der Waals surface area contributed by atoms with Crippen LogP contribution in [0.1, 0.15) is 37.6 Å². The Morgan fingerprint density at radius 3 is 2.74 bits per heavy atom. The summed E-state index contributed by atoms with van der Waals surface area (Å²) in [6.07, 6.45) is 2.72. The van der Waals surface area contributed by atoms with Crippen LogP contribution in [-0.2, 0) is 11.3 Å². The van der Waals surface area contributed by atoms with Gasteiger partial charge in [-0.3, -0.25) is 4.79 Å². The van der Waals surface area contributed by atoms with E-state index in [9.17, 15) is 9.18 Å². The van der Waals surface area contributed by atoms with Crippen LogP contribution >= 0.6 is 0 Å². The number of nitrogens with zero attached hydrogens (tertiary/aromatic N) is 3. The maximum absolute atomic E-state index is 13.7. The van der Waals surface area contributed by atoms with Crippen LogP contribution in [-0.4, -0.2) is 35.1 Å². The molecule has 7 heteroatoms. The first-order valence-corrected chi connectivity index (χ1v) is 9.31. The van der Waals surface area contributed by atoms with Crippen LogP contribution in [0.4, 0.5) is 10.3 Å². The lowest BCUT2D eigenvalue weighted by Crippen LogP contribution is -2.36. The molecular formula is C20H25FN4O2. The average Bonchev–Trinajstić information content (AvgIpc) is 2.68. The summed E-state index contributed by atoms with van der Waals surface area (Å²) in [4.78, 5) is 23.6. The Balaban J connectivity index is 1.59. The second-order valence-electron chi connectivity index (χ2n) is 6.76. The molecule has 1 atom stereocenters. The van der Waals surface area contributed by atoms with E-state index < -0.39 is 11.9 Å². The van der Waals surface area contributed by atoms with Gasteiger partial charge in [-0.15, -0.1) is 0 Å². The van der Waals surface area contributed by atoms with Crippen LogP contribution in [0.3, 0.4) is 0 Å². The first kappa shape index (κ1) is 19.1. The average molecular weight is 372 g/mol. The molecule has 1 fully saturated rings. The van der Waals surface area contributed by atoms with Gasteiger partial charge in [0.1, 0.15) is 0 Å². The third-order valence-electron chi connectivity index (χ3n) is 4.49. The molecule has 2 aromatic rings. The molecule has 1 aromatic carbocycles. The molecule has 1 N–H and O–H groups in total. The van der Waals surface area contributed by atoms with Gasteiger partial charge < -0.3 is 15.0 Å². The first-order valence-electron chi connectivity index (χ1n) is 9.31. The zero-order valence-corrected chi connectivity index (χ0v) is 15.7. The fourth-order valence-corrected chi connectivity index (χ4v) is 3.05. The summed E-state index contributed by atoms with van der Waals surface area (Å²) in [5.74, 6) is -0.0381. The molecule has 0 radical (unpaired) electrons. The summed E-state index contributed by atoms with van der Waals surface area (Å²) >= 11 is 0. The number of nitrogens with one attached hydrogen (secondary N) is 1. The number of aryl methyl sites for hydroxylation is 1. The molecule has 1 aromatic heterocycles. The monoisotopic (exact) mass is 372 g/mol. The number of para-hydroxylation sites is 1. The maximum atomic E-state index is 13.7. The molecule has 1 aliphatic heterocycles. The van der Waals surface area contributed by atoms with Gasteiger partial charge in [-0.1, -0.05) is 12.1 Å². The van der Waals surface area contributed by atoms with E-state index in [1.165, 1.54) is 18.6 Å². The summed E-state index contributed by atoms with van der Waals surface area (Å²) in [5, 5.41) is 2.80. The molecule has 1 unspecified atom stereocenters. The number of carbonyl (C=O) groups excluding carboxylic acids is 1. The number of halogens is 1. The first-order chi connectivity index (χ1) is 13.0. The minimum atomic E-state index is -0.814. The lowest BCUT2D eigenvalue weighted by molar-refractivity contribution is -0.127. The van der Waals surface area contributed by atoms with Gasteiger partial charge in [-0.25, -0.2) is 14.4 Å². The van der Waals surface area contributed by atoms with Crippen LogP contribution in [0, 0.1) is 12.7 Å². The van der Waals surface area contributed by atoms with Crippen LogP contribution in [0.15, 0.2) is 30.3 Å². The van der Waals surface area contributed by atoms with E-state index in [-0.39, 0.29) is 18.2 Å². The Labute approximate surface area is 158 Å². The normalized spacial score (nSPS) is 15.3. The zero-order chi connectivity index (χ0) is 19.2. The smallest absolute Gasteiger partial charge is 0.261 e. The van der Waals surface area contributed by atoms with Gasteiger partial charge in [0.25, 0.3) is 5.91 Å². The second-order valence-corrected chi connectivity index (χ2v) is 6.76. The Hall–Kier alpha value is -2.70. The Kier molecular flexibility index (Phi) is 6.21. The molecule has 0 aliphatic carbocycles. The third kappa shape index (κ3) is 5.15. The van der Waals surface area contributed by atoms with Crippen molar-refractivity contribution < 1.29 is 13.9 Å². The molecule has 1 aliphatic rings. The quantitative estimate of drug-likeness (QED) is 0.844. The topological polar surface area (TPSA) is 67.3 Å². The molecule has 0 bridgehead atoms. The molecule has 0 spiro atoms. The molecule has 6 nitrogen and oxygen atoms in total. The van der Waals surface area contributed by atoms with Gasteiger partial charge in [0, 0.05) is 18.8 Å². The second kappa shape index (κ2) is 8.79. The number of benzene rings is 1. The molecule has 1 saturated heterocycles. The van der Waals surface area contributed by atoms with E-state index in [2.05, 4.69) is 20.2 Å². The zero-order valence-electron chi connectivity index (χ0n) is 15.7. The van der Waals surface area contributed by atoms with Gasteiger partial charge in [0.2, 0.25) is 5.95 Å². The number of hydrogen-bond donors (Lipinski definition) is 1. The van der Waals surface area contributed by atoms with E-state index in [4.69, 9.17) is 4.74 Å². The fraction of sp³-hybridized carbons (Fsp3) is 0.450. The summed E-state index contributed by atoms with van der Waals surface area (Å²) in [5.41, 5.74) is 1.61. The molecule has 3 rings (SSSR count). The number of carbonyl (C=O) groups is 1. The molecule has 144 valence electrons. The summed E-state index contributed by atoms with van der Waals surface area (Å²) < 4.78 is 19.1. The summed E-state index contributed by atoms with van der Waals surface area (Å²) in [6, 6.07) is 7.89. The molecule has 27 heavy (non-hydrogen) atoms. The number of ether oxygens (including phenoxy) is 1. The van der Waals surface area contributed by atoms with Crippen molar-refractivity contribution >= 4 is 11.9 Å². The number of hydrogen-bond acceptors (Lipinski definition) is 5. The summed E-state index contributed by atoms with van der Waals surface area (Å²) in [6.45, 7) is 5.70. The highest BCUT2D eigenvalue weighted by Gasteiger charge is 2.18. The lowest BCUT2D eigenvalue weighted by atomic mass is 10.1. The number of anilines is 1. The minimum absolute atomic E-state index is 0.0606. The fourth-order valence-electron chi connectivity index (χ4n) is 3.05. The van der Waals surface area contributed by atoms with Gasteiger partial charge in [-0.2, -0.15) is 0 Å². The highest BCUT2D eigenvalue weighted by molar-refractivity contribution is 5.80. The molecular weight excluding hydrogens is 347 g/mol. The van der Waals surface area contributed by atoms with Crippen molar-refractivity contribution in [1.82, 2.24) is 15.3 Å². The maximum Gasteiger partial charge on any atom is 0.261 e. The van der Waals surface area contributed by atoms with Crippen molar-refractivity contribution in [3.8, 4) is 5.75 Å². The summed E-state index contributed by atoms with van der Waals surface area (Å²) in [7, 11) is 0. The van der Waals surface area contributed by atoms with E-state index in [0.29, 0.717) is 0 Å². The van der Waals surface area contributed by atoms with Crippen molar-refractivity contribution in [1.29, 1.82) is 0 Å². The largest absolute Gasteiger partial charge is 0.478 e. The van der Waals surface area contributed by atoms with E-state index in [1.54, 1.807) is 19.1 Å². The number of rotatable bonds is 6. The predicted molar refractivity (Wildman–Crippen MR) is 101 cm³/mol. The third-order valence-corrected chi connectivity index (χ3v) is 4.49. The van der Waals surface area contributed by atoms with Crippen LogP contribution in [0.25, 0.3) is 0 Å². The number of amides is 1. The van der Waals surface area contributed by atoms with Crippen molar-refractivity contribution in [2.24, 2.45) is 0 Å². The molecule has 1 amide bonds. The number of piperidine rings is 1. The van der Waals surface area contributed by atoms with E-state index in [1.807, 2.05) is 13.0 Å². The van der Waals surface area contributed by atoms with Gasteiger partial charge in [-0.05, 0) is 51.3 Å². The highest BCUT2D eigenvalue weighted by Crippen LogP contribution is 2.18. The Bertz CT molecular complexity index is 793. The SMILES string of the molecule is Cc1cc(CNC(=O)C(C)Oc2ccccc2F)nc(N2CCCCC2)n1. The number of aromatic nitrogens is 2. The van der Waals surface area contributed by atoms with Gasteiger partial charge in [0.05, 0.1) is 12.2 Å². The standard InChI is InChI=1S/C20H25FN4O2/c1-14-12-16(24-20(23-14)25-10-6-3-7-11-25)13-22-19(26)15(2)27-18-9-5-4-8-17(18)21/h4-5,8-9,12,15H,3,6-7,10-11,13H2,1-2H3,(H,22,26). The van der Waals surface area contributed by atoms with Crippen LogP contribution < -0.4 is 15.0 Å². The van der Waals surface area contributed by atoms with Crippen molar-refractivity contribution in [3.63, 3.8) is 0 Å². The van der Waals surface area contributed by atoms with Gasteiger partial charge >= 0.3 is 0 Å².